The number of ether oxygens (including phenoxy) is 1. The van der Waals surface area contributed by atoms with E-state index in [1.807, 2.05) is 32.9 Å². The van der Waals surface area contributed by atoms with Crippen molar-refractivity contribution in [2.45, 2.75) is 20.8 Å². The summed E-state index contributed by atoms with van der Waals surface area (Å²) in [5.41, 5.74) is 4.37. The third-order valence-corrected chi connectivity index (χ3v) is 5.49. The summed E-state index contributed by atoms with van der Waals surface area (Å²) in [6.45, 7) is 5.91. The number of thiocarbonyl (C=S) groups is 1. The molecule has 25 heavy (non-hydrogen) atoms. The summed E-state index contributed by atoms with van der Waals surface area (Å²) in [6.07, 6.45) is 0. The van der Waals surface area contributed by atoms with Crippen LogP contribution in [0.2, 0.25) is 0 Å². The quantitative estimate of drug-likeness (QED) is 0.426. The van der Waals surface area contributed by atoms with E-state index in [4.69, 9.17) is 17.0 Å². The average molecular weight is 533 g/mol. The maximum atomic E-state index is 12.6. The molecule has 2 N–H and O–H groups in total. The van der Waals surface area contributed by atoms with Gasteiger partial charge in [0.2, 0.25) is 0 Å². The van der Waals surface area contributed by atoms with Gasteiger partial charge in [-0.25, -0.2) is 0 Å². The van der Waals surface area contributed by atoms with Gasteiger partial charge in [-0.3, -0.25) is 10.1 Å². The van der Waals surface area contributed by atoms with Gasteiger partial charge in [-0.05, 0) is 96.5 Å². The molecule has 132 valence electrons. The van der Waals surface area contributed by atoms with E-state index in [1.165, 1.54) is 3.57 Å². The van der Waals surface area contributed by atoms with Gasteiger partial charge in [0.05, 0.1) is 12.7 Å². The highest BCUT2D eigenvalue weighted by molar-refractivity contribution is 14.1. The molecule has 0 bridgehead atoms. The highest BCUT2D eigenvalue weighted by Gasteiger charge is 2.17. The molecule has 1 amide bonds. The molecule has 0 saturated heterocycles. The van der Waals surface area contributed by atoms with Gasteiger partial charge in [0, 0.05) is 13.7 Å². The summed E-state index contributed by atoms with van der Waals surface area (Å²) >= 11 is 11.0. The van der Waals surface area contributed by atoms with Gasteiger partial charge in [0.25, 0.3) is 5.91 Å². The lowest BCUT2D eigenvalue weighted by atomic mass is 10.1. The SMILES string of the molecule is COc1c(C)cc(Br)cc1C(=O)NC(=S)Nc1cc(C)c(I)cc1C. The summed E-state index contributed by atoms with van der Waals surface area (Å²) in [6, 6.07) is 7.69. The van der Waals surface area contributed by atoms with Crippen molar-refractivity contribution in [3.8, 4) is 5.75 Å². The van der Waals surface area contributed by atoms with Crippen molar-refractivity contribution >= 4 is 67.4 Å². The van der Waals surface area contributed by atoms with Crippen molar-refractivity contribution < 1.29 is 9.53 Å². The van der Waals surface area contributed by atoms with Crippen molar-refractivity contribution in [2.24, 2.45) is 0 Å². The number of rotatable bonds is 3. The lowest BCUT2D eigenvalue weighted by Gasteiger charge is -2.15. The van der Waals surface area contributed by atoms with Crippen LogP contribution in [0.1, 0.15) is 27.0 Å². The Morgan fingerprint density at radius 2 is 1.80 bits per heavy atom. The molecule has 0 radical (unpaired) electrons. The number of hydrogen-bond donors (Lipinski definition) is 2. The first-order valence-electron chi connectivity index (χ1n) is 7.46. The second-order valence-electron chi connectivity index (χ2n) is 5.63. The normalized spacial score (nSPS) is 10.3. The van der Waals surface area contributed by atoms with Crippen LogP contribution in [0.25, 0.3) is 0 Å². The monoisotopic (exact) mass is 532 g/mol. The second kappa shape index (κ2) is 8.46. The Bertz CT molecular complexity index is 855. The Morgan fingerprint density at radius 1 is 1.12 bits per heavy atom. The number of carbonyl (C=O) groups is 1. The highest BCUT2D eigenvalue weighted by atomic mass is 127. The first kappa shape index (κ1) is 20.1. The van der Waals surface area contributed by atoms with Crippen molar-refractivity contribution in [3.63, 3.8) is 0 Å². The van der Waals surface area contributed by atoms with Gasteiger partial charge in [0.1, 0.15) is 5.75 Å². The van der Waals surface area contributed by atoms with Crippen LogP contribution in [0.4, 0.5) is 5.69 Å². The molecule has 0 aliphatic rings. The van der Waals surface area contributed by atoms with E-state index < -0.39 is 0 Å². The molecule has 2 aromatic rings. The van der Waals surface area contributed by atoms with Gasteiger partial charge >= 0.3 is 0 Å². The minimum absolute atomic E-state index is 0.244. The first-order chi connectivity index (χ1) is 11.7. The van der Waals surface area contributed by atoms with Gasteiger partial charge in [-0.2, -0.15) is 0 Å². The zero-order chi connectivity index (χ0) is 18.7. The second-order valence-corrected chi connectivity index (χ2v) is 8.11. The van der Waals surface area contributed by atoms with Crippen LogP contribution in [-0.4, -0.2) is 18.1 Å². The number of amides is 1. The van der Waals surface area contributed by atoms with E-state index in [0.717, 1.165) is 26.9 Å². The number of anilines is 1. The molecule has 0 aliphatic carbocycles. The summed E-state index contributed by atoms with van der Waals surface area (Å²) in [5.74, 6) is 0.212. The molecule has 4 nitrogen and oxygen atoms in total. The van der Waals surface area contributed by atoms with E-state index in [9.17, 15) is 4.79 Å². The molecule has 0 aliphatic heterocycles. The summed E-state index contributed by atoms with van der Waals surface area (Å²) in [5, 5.41) is 6.05. The molecule has 7 heteroatoms. The Balaban J connectivity index is 2.19. The fraction of sp³-hybridized carbons (Fsp3) is 0.222. The van der Waals surface area contributed by atoms with Crippen LogP contribution in [0, 0.1) is 24.3 Å². The molecule has 0 heterocycles. The van der Waals surface area contributed by atoms with Gasteiger partial charge in [-0.1, -0.05) is 15.9 Å². The number of halogens is 2. The van der Waals surface area contributed by atoms with Gasteiger partial charge in [-0.15, -0.1) is 0 Å². The van der Waals surface area contributed by atoms with Crippen LogP contribution in [0.3, 0.4) is 0 Å². The maximum absolute atomic E-state index is 12.6. The Labute approximate surface area is 175 Å². The molecule has 0 saturated carbocycles. The maximum Gasteiger partial charge on any atom is 0.261 e. The fourth-order valence-electron chi connectivity index (χ4n) is 2.41. The topological polar surface area (TPSA) is 50.4 Å². The van der Waals surface area contributed by atoms with Crippen LogP contribution in [0.15, 0.2) is 28.7 Å². The third kappa shape index (κ3) is 4.92. The van der Waals surface area contributed by atoms with E-state index >= 15 is 0 Å². The molecule has 0 atom stereocenters. The highest BCUT2D eigenvalue weighted by Crippen LogP contribution is 2.28. The van der Waals surface area contributed by atoms with Crippen molar-refractivity contribution in [2.75, 3.05) is 12.4 Å². The summed E-state index contributed by atoms with van der Waals surface area (Å²) < 4.78 is 7.34. The Morgan fingerprint density at radius 3 is 2.44 bits per heavy atom. The summed E-state index contributed by atoms with van der Waals surface area (Å²) in [4.78, 5) is 12.6. The average Bonchev–Trinajstić information content (AvgIpc) is 2.51. The first-order valence-corrected chi connectivity index (χ1v) is 9.74. The molecule has 0 spiro atoms. The molecule has 0 fully saturated rings. The molecular formula is C18H18BrIN2O2S. The number of methoxy groups -OCH3 is 1. The third-order valence-electron chi connectivity index (χ3n) is 3.67. The standard InChI is InChI=1S/C18H18BrIN2O2S/c1-9-7-15(10(2)6-14(9)20)21-18(25)22-17(23)13-8-12(19)5-11(3)16(13)24-4/h5-8H,1-4H3,(H2,21,22,23,25). The molecule has 0 unspecified atom stereocenters. The lowest BCUT2D eigenvalue weighted by molar-refractivity contribution is 0.0974. The zero-order valence-electron chi connectivity index (χ0n) is 14.3. The number of benzene rings is 2. The Kier molecular flexibility index (Phi) is 6.81. The van der Waals surface area contributed by atoms with Crippen molar-refractivity contribution in [3.05, 3.63) is 54.6 Å². The number of hydrogen-bond acceptors (Lipinski definition) is 3. The summed E-state index contributed by atoms with van der Waals surface area (Å²) in [7, 11) is 1.54. The van der Waals surface area contributed by atoms with Crippen LogP contribution in [-0.2, 0) is 0 Å². The van der Waals surface area contributed by atoms with Gasteiger partial charge < -0.3 is 10.1 Å². The van der Waals surface area contributed by atoms with E-state index in [1.54, 1.807) is 13.2 Å². The largest absolute Gasteiger partial charge is 0.496 e. The smallest absolute Gasteiger partial charge is 0.261 e. The Hall–Kier alpha value is -1.19. The van der Waals surface area contributed by atoms with Crippen LogP contribution < -0.4 is 15.4 Å². The predicted octanol–water partition coefficient (Wildman–Crippen LogP) is 5.11. The lowest BCUT2D eigenvalue weighted by Crippen LogP contribution is -2.34. The fourth-order valence-corrected chi connectivity index (χ4v) is 3.81. The number of aryl methyl sites for hydroxylation is 3. The van der Waals surface area contributed by atoms with Gasteiger partial charge in [0.15, 0.2) is 5.11 Å². The predicted molar refractivity (Wildman–Crippen MR) is 118 cm³/mol. The number of nitrogens with one attached hydrogen (secondary N) is 2. The number of carbonyl (C=O) groups excluding carboxylic acids is 1. The van der Waals surface area contributed by atoms with Crippen LogP contribution >= 0.6 is 50.7 Å². The molecule has 2 aromatic carbocycles. The minimum atomic E-state index is -0.321. The zero-order valence-corrected chi connectivity index (χ0v) is 18.9. The van der Waals surface area contributed by atoms with E-state index in [-0.39, 0.29) is 11.0 Å². The van der Waals surface area contributed by atoms with E-state index in [0.29, 0.717) is 11.3 Å². The van der Waals surface area contributed by atoms with Crippen molar-refractivity contribution in [1.82, 2.24) is 5.32 Å². The molecular weight excluding hydrogens is 515 g/mol. The minimum Gasteiger partial charge on any atom is -0.496 e. The van der Waals surface area contributed by atoms with Crippen molar-refractivity contribution in [1.29, 1.82) is 0 Å². The molecule has 0 aromatic heterocycles. The van der Waals surface area contributed by atoms with Crippen LogP contribution in [0.5, 0.6) is 5.75 Å². The van der Waals surface area contributed by atoms with E-state index in [2.05, 4.69) is 55.2 Å². The molecule has 2 rings (SSSR count).